The molecule has 0 aliphatic heterocycles. The van der Waals surface area contributed by atoms with Gasteiger partial charge in [-0.2, -0.15) is 0 Å². The van der Waals surface area contributed by atoms with Crippen LogP contribution in [0.5, 0.6) is 0 Å². The molecule has 2 amide bonds. The second-order valence-corrected chi connectivity index (χ2v) is 8.57. The van der Waals surface area contributed by atoms with Gasteiger partial charge in [-0.3, -0.25) is 9.59 Å². The molecule has 0 unspecified atom stereocenters. The van der Waals surface area contributed by atoms with Crippen LogP contribution in [0.15, 0.2) is 72.8 Å². The van der Waals surface area contributed by atoms with Crippen LogP contribution < -0.4 is 10.6 Å². The van der Waals surface area contributed by atoms with Gasteiger partial charge in [0.15, 0.2) is 0 Å². The predicted octanol–water partition coefficient (Wildman–Crippen LogP) is 3.67. The summed E-state index contributed by atoms with van der Waals surface area (Å²) in [7, 11) is 0. The van der Waals surface area contributed by atoms with Crippen LogP contribution in [-0.4, -0.2) is 47.3 Å². The smallest absolute Gasteiger partial charge is 0.244 e. The Morgan fingerprint density at radius 3 is 1.26 bits per heavy atom. The fourth-order valence-corrected chi connectivity index (χ4v) is 2.78. The minimum Gasteiger partial charge on any atom is -0.394 e. The third-order valence-electron chi connectivity index (χ3n) is 5.11. The van der Waals surface area contributed by atoms with E-state index in [1.807, 2.05) is 88.4 Å². The summed E-state index contributed by atoms with van der Waals surface area (Å²) in [4.78, 5) is 23.2. The van der Waals surface area contributed by atoms with Crippen molar-refractivity contribution in [1.82, 2.24) is 10.6 Å². The standard InChI is InChI=1S/2C14H19NO2/c2*1-11(2)13(10-16)15-14(17)9-8-12-6-4-3-5-7-12/h2*3-9,11,13,16H,10H2,1-2H3,(H,15,17)/b2*9-8+/t2*13-/m10/s1. The molecule has 0 aliphatic carbocycles. The molecule has 4 N–H and O–H groups in total. The molecule has 0 saturated carbocycles. The van der Waals surface area contributed by atoms with E-state index in [1.165, 1.54) is 12.2 Å². The molecule has 6 nitrogen and oxygen atoms in total. The Morgan fingerprint density at radius 1 is 0.676 bits per heavy atom. The highest BCUT2D eigenvalue weighted by atomic mass is 16.3. The first kappa shape index (κ1) is 28.8. The quantitative estimate of drug-likeness (QED) is 0.402. The molecule has 0 aromatic heterocycles. The zero-order valence-corrected chi connectivity index (χ0v) is 20.5. The molecular formula is C28H38N2O4. The van der Waals surface area contributed by atoms with E-state index in [-0.39, 0.29) is 48.9 Å². The van der Waals surface area contributed by atoms with Crippen molar-refractivity contribution in [3.63, 3.8) is 0 Å². The average molecular weight is 467 g/mol. The summed E-state index contributed by atoms with van der Waals surface area (Å²) in [5, 5.41) is 23.7. The largest absolute Gasteiger partial charge is 0.394 e. The van der Waals surface area contributed by atoms with Crippen LogP contribution in [-0.2, 0) is 9.59 Å². The molecule has 2 aromatic rings. The molecular weight excluding hydrogens is 428 g/mol. The number of nitrogens with one attached hydrogen (secondary N) is 2. The van der Waals surface area contributed by atoms with Gasteiger partial charge in [-0.05, 0) is 35.1 Å². The molecule has 2 rings (SSSR count). The summed E-state index contributed by atoms with van der Waals surface area (Å²) < 4.78 is 0. The van der Waals surface area contributed by atoms with E-state index in [2.05, 4.69) is 10.6 Å². The molecule has 0 bridgehead atoms. The number of rotatable bonds is 10. The Hall–Kier alpha value is -3.22. The second-order valence-electron chi connectivity index (χ2n) is 8.57. The molecule has 184 valence electrons. The second kappa shape index (κ2) is 16.4. The topological polar surface area (TPSA) is 98.7 Å². The molecule has 2 aromatic carbocycles. The monoisotopic (exact) mass is 466 g/mol. The Labute approximate surface area is 203 Å². The van der Waals surface area contributed by atoms with Crippen LogP contribution in [0.25, 0.3) is 12.2 Å². The van der Waals surface area contributed by atoms with Crippen LogP contribution in [0.1, 0.15) is 38.8 Å². The van der Waals surface area contributed by atoms with Gasteiger partial charge in [0.25, 0.3) is 0 Å². The van der Waals surface area contributed by atoms with Crippen molar-refractivity contribution in [2.45, 2.75) is 39.8 Å². The minimum atomic E-state index is -0.192. The van der Waals surface area contributed by atoms with Crippen molar-refractivity contribution in [3.05, 3.63) is 83.9 Å². The van der Waals surface area contributed by atoms with E-state index in [0.29, 0.717) is 0 Å². The lowest BCUT2D eigenvalue weighted by Gasteiger charge is -2.18. The number of hydrogen-bond donors (Lipinski definition) is 4. The van der Waals surface area contributed by atoms with E-state index >= 15 is 0 Å². The molecule has 0 heterocycles. The minimum absolute atomic E-state index is 0.0391. The number of aliphatic hydroxyl groups is 2. The normalized spacial score (nSPS) is 12.9. The summed E-state index contributed by atoms with van der Waals surface area (Å²) in [6.07, 6.45) is 6.48. The van der Waals surface area contributed by atoms with E-state index < -0.39 is 0 Å². The fraction of sp³-hybridized carbons (Fsp3) is 0.357. The van der Waals surface area contributed by atoms with Crippen LogP contribution in [0.4, 0.5) is 0 Å². The van der Waals surface area contributed by atoms with Gasteiger partial charge in [-0.1, -0.05) is 88.4 Å². The van der Waals surface area contributed by atoms with Crippen molar-refractivity contribution in [2.75, 3.05) is 13.2 Å². The third kappa shape index (κ3) is 12.1. The molecule has 0 spiro atoms. The van der Waals surface area contributed by atoms with Gasteiger partial charge in [0.05, 0.1) is 25.3 Å². The molecule has 0 saturated heterocycles. The Kier molecular flexibility index (Phi) is 13.9. The van der Waals surface area contributed by atoms with E-state index in [9.17, 15) is 9.59 Å². The van der Waals surface area contributed by atoms with Crippen molar-refractivity contribution in [2.24, 2.45) is 11.8 Å². The van der Waals surface area contributed by atoms with Gasteiger partial charge < -0.3 is 20.8 Å². The molecule has 0 fully saturated rings. The zero-order valence-electron chi connectivity index (χ0n) is 20.5. The van der Waals surface area contributed by atoms with Gasteiger partial charge in [0, 0.05) is 12.2 Å². The van der Waals surface area contributed by atoms with Gasteiger partial charge in [-0.25, -0.2) is 0 Å². The molecule has 0 aliphatic rings. The first-order chi connectivity index (χ1) is 16.3. The SMILES string of the molecule is CC(C)[C@@H](CO)NC(=O)/C=C/c1ccccc1.CC(C)[C@H](CO)NC(=O)/C=C/c1ccccc1. The molecule has 6 heteroatoms. The van der Waals surface area contributed by atoms with E-state index in [1.54, 1.807) is 12.2 Å². The number of aliphatic hydroxyl groups excluding tert-OH is 2. The van der Waals surface area contributed by atoms with Crippen molar-refractivity contribution >= 4 is 24.0 Å². The predicted molar refractivity (Wildman–Crippen MR) is 139 cm³/mol. The maximum Gasteiger partial charge on any atom is 0.244 e. The maximum absolute atomic E-state index is 11.6. The Balaban J connectivity index is 0.000000340. The third-order valence-corrected chi connectivity index (χ3v) is 5.11. The summed E-state index contributed by atoms with van der Waals surface area (Å²) in [6, 6.07) is 18.9. The summed E-state index contributed by atoms with van der Waals surface area (Å²) in [5.41, 5.74) is 1.96. The van der Waals surface area contributed by atoms with Crippen LogP contribution in [0, 0.1) is 11.8 Å². The van der Waals surface area contributed by atoms with Gasteiger partial charge in [-0.15, -0.1) is 0 Å². The number of hydrogen-bond acceptors (Lipinski definition) is 4. The number of amides is 2. The average Bonchev–Trinajstić information content (AvgIpc) is 2.84. The number of carbonyl (C=O) groups is 2. The lowest BCUT2D eigenvalue weighted by atomic mass is 10.1. The zero-order chi connectivity index (χ0) is 25.3. The van der Waals surface area contributed by atoms with Crippen LogP contribution in [0.2, 0.25) is 0 Å². The highest BCUT2D eigenvalue weighted by molar-refractivity contribution is 5.92. The Morgan fingerprint density at radius 2 is 1.00 bits per heavy atom. The van der Waals surface area contributed by atoms with Gasteiger partial charge >= 0.3 is 0 Å². The highest BCUT2D eigenvalue weighted by Gasteiger charge is 2.13. The van der Waals surface area contributed by atoms with Crippen molar-refractivity contribution < 1.29 is 19.8 Å². The lowest BCUT2D eigenvalue weighted by molar-refractivity contribution is -0.118. The fourth-order valence-electron chi connectivity index (χ4n) is 2.78. The Bertz CT molecular complexity index is 818. The first-order valence-electron chi connectivity index (χ1n) is 11.6. The number of benzene rings is 2. The molecule has 2 atom stereocenters. The van der Waals surface area contributed by atoms with Crippen molar-refractivity contribution in [1.29, 1.82) is 0 Å². The molecule has 34 heavy (non-hydrogen) atoms. The number of carbonyl (C=O) groups excluding carboxylic acids is 2. The van der Waals surface area contributed by atoms with Crippen molar-refractivity contribution in [3.8, 4) is 0 Å². The summed E-state index contributed by atoms with van der Waals surface area (Å²) >= 11 is 0. The van der Waals surface area contributed by atoms with Crippen LogP contribution in [0.3, 0.4) is 0 Å². The van der Waals surface area contributed by atoms with Gasteiger partial charge in [0.2, 0.25) is 11.8 Å². The lowest BCUT2D eigenvalue weighted by Crippen LogP contribution is -2.40. The highest BCUT2D eigenvalue weighted by Crippen LogP contribution is 2.04. The van der Waals surface area contributed by atoms with Crippen LogP contribution >= 0.6 is 0 Å². The van der Waals surface area contributed by atoms with Gasteiger partial charge in [0.1, 0.15) is 0 Å². The van der Waals surface area contributed by atoms with E-state index in [4.69, 9.17) is 10.2 Å². The maximum atomic E-state index is 11.6. The molecule has 0 radical (unpaired) electrons. The summed E-state index contributed by atoms with van der Waals surface area (Å²) in [5.74, 6) is 0.0753. The summed E-state index contributed by atoms with van der Waals surface area (Å²) in [6.45, 7) is 7.76. The first-order valence-corrected chi connectivity index (χ1v) is 11.6. The van der Waals surface area contributed by atoms with E-state index in [0.717, 1.165) is 11.1 Å².